The number of carbonyl (C=O) groups excluding carboxylic acids is 2. The topological polar surface area (TPSA) is 76.1 Å². The van der Waals surface area contributed by atoms with Crippen LogP contribution in [0.4, 0.5) is 5.69 Å². The molecular weight excluding hydrogens is 442 g/mol. The molecule has 0 radical (unpaired) electrons. The Bertz CT molecular complexity index is 1280. The number of aliphatic hydroxyl groups excluding tert-OH is 1. The summed E-state index contributed by atoms with van der Waals surface area (Å²) in [5, 5.41) is 11.4. The monoisotopic (exact) mass is 471 g/mol. The second kappa shape index (κ2) is 10.1. The molecule has 0 aromatic heterocycles. The first-order valence-corrected chi connectivity index (χ1v) is 11.5. The van der Waals surface area contributed by atoms with Crippen LogP contribution >= 0.6 is 0 Å². The van der Waals surface area contributed by atoms with Gasteiger partial charge in [-0.15, -0.1) is 0 Å². The number of carbonyl (C=O) groups is 2. The summed E-state index contributed by atoms with van der Waals surface area (Å²) in [4.78, 5) is 28.1. The van der Waals surface area contributed by atoms with Crippen LogP contribution in [0.15, 0.2) is 78.4 Å². The highest BCUT2D eigenvalue weighted by Crippen LogP contribution is 2.42. The van der Waals surface area contributed by atoms with Gasteiger partial charge in [-0.1, -0.05) is 50.2 Å². The molecule has 1 unspecified atom stereocenters. The molecule has 0 saturated carbocycles. The summed E-state index contributed by atoms with van der Waals surface area (Å²) < 4.78 is 11.1. The molecule has 1 saturated heterocycles. The number of amides is 1. The van der Waals surface area contributed by atoms with Gasteiger partial charge in [-0.2, -0.15) is 0 Å². The highest BCUT2D eigenvalue weighted by atomic mass is 16.5. The Kier molecular flexibility index (Phi) is 6.92. The largest absolute Gasteiger partial charge is 0.507 e. The van der Waals surface area contributed by atoms with Gasteiger partial charge in [-0.3, -0.25) is 14.5 Å². The Hall–Kier alpha value is -4.06. The van der Waals surface area contributed by atoms with Gasteiger partial charge in [-0.05, 0) is 60.4 Å². The summed E-state index contributed by atoms with van der Waals surface area (Å²) in [6.45, 7) is 6.54. The average Bonchev–Trinajstić information content (AvgIpc) is 3.12. The Morgan fingerprint density at radius 2 is 1.69 bits per heavy atom. The van der Waals surface area contributed by atoms with E-state index in [0.29, 0.717) is 40.8 Å². The lowest BCUT2D eigenvalue weighted by molar-refractivity contribution is -0.132. The number of ketones is 1. The van der Waals surface area contributed by atoms with Crippen molar-refractivity contribution in [2.24, 2.45) is 5.92 Å². The van der Waals surface area contributed by atoms with Gasteiger partial charge in [0, 0.05) is 11.3 Å². The van der Waals surface area contributed by atoms with Crippen LogP contribution in [0.3, 0.4) is 0 Å². The zero-order valence-corrected chi connectivity index (χ0v) is 20.3. The Balaban J connectivity index is 1.86. The lowest BCUT2D eigenvalue weighted by atomic mass is 9.95. The molecule has 6 nitrogen and oxygen atoms in total. The van der Waals surface area contributed by atoms with Crippen molar-refractivity contribution in [2.45, 2.75) is 26.8 Å². The number of methoxy groups -OCH3 is 1. The summed E-state index contributed by atoms with van der Waals surface area (Å²) in [6.07, 6.45) is 0. The number of benzene rings is 3. The van der Waals surface area contributed by atoms with Gasteiger partial charge in [0.2, 0.25) is 0 Å². The van der Waals surface area contributed by atoms with Crippen molar-refractivity contribution >= 4 is 23.1 Å². The molecule has 0 bridgehead atoms. The van der Waals surface area contributed by atoms with Gasteiger partial charge < -0.3 is 14.6 Å². The SMILES string of the molecule is COc1ccc(C2/C(=C(\O)c3cccc(OCC(C)C)c3)C(=O)C(=O)N2c2cccc(C)c2)cc1. The van der Waals surface area contributed by atoms with Crippen molar-refractivity contribution in [3.63, 3.8) is 0 Å². The van der Waals surface area contributed by atoms with Crippen LogP contribution in [0.1, 0.15) is 36.6 Å². The van der Waals surface area contributed by atoms with Crippen LogP contribution in [-0.4, -0.2) is 30.5 Å². The zero-order valence-electron chi connectivity index (χ0n) is 20.3. The van der Waals surface area contributed by atoms with E-state index in [1.165, 1.54) is 4.90 Å². The van der Waals surface area contributed by atoms with Gasteiger partial charge in [0.05, 0.1) is 25.3 Å². The molecule has 1 aliphatic heterocycles. The molecule has 4 rings (SSSR count). The summed E-state index contributed by atoms with van der Waals surface area (Å²) in [7, 11) is 1.57. The maximum atomic E-state index is 13.3. The number of nitrogens with zero attached hydrogens (tertiary/aromatic N) is 1. The maximum Gasteiger partial charge on any atom is 0.300 e. The van der Waals surface area contributed by atoms with E-state index in [-0.39, 0.29) is 11.3 Å². The van der Waals surface area contributed by atoms with Crippen molar-refractivity contribution < 1.29 is 24.2 Å². The van der Waals surface area contributed by atoms with Crippen molar-refractivity contribution in [1.29, 1.82) is 0 Å². The second-order valence-electron chi connectivity index (χ2n) is 9.01. The summed E-state index contributed by atoms with van der Waals surface area (Å²) >= 11 is 0. The van der Waals surface area contributed by atoms with E-state index < -0.39 is 17.7 Å². The van der Waals surface area contributed by atoms with Crippen LogP contribution in [0.2, 0.25) is 0 Å². The third-order valence-electron chi connectivity index (χ3n) is 5.85. The molecule has 3 aromatic rings. The summed E-state index contributed by atoms with van der Waals surface area (Å²) in [5.41, 5.74) is 2.66. The predicted octanol–water partition coefficient (Wildman–Crippen LogP) is 5.66. The van der Waals surface area contributed by atoms with Crippen molar-refractivity contribution in [1.82, 2.24) is 0 Å². The van der Waals surface area contributed by atoms with Gasteiger partial charge in [0.25, 0.3) is 11.7 Å². The summed E-state index contributed by atoms with van der Waals surface area (Å²) in [6, 6.07) is 20.7. The third kappa shape index (κ3) is 4.92. The minimum atomic E-state index is -0.803. The van der Waals surface area contributed by atoms with Crippen LogP contribution in [0.25, 0.3) is 5.76 Å². The second-order valence-corrected chi connectivity index (χ2v) is 9.01. The van der Waals surface area contributed by atoms with E-state index in [0.717, 1.165) is 5.56 Å². The number of Topliss-reactive ketones (excluding diaryl/α,β-unsaturated/α-hetero) is 1. The van der Waals surface area contributed by atoms with E-state index >= 15 is 0 Å². The van der Waals surface area contributed by atoms with E-state index in [1.807, 2.05) is 39.0 Å². The Morgan fingerprint density at radius 1 is 0.971 bits per heavy atom. The zero-order chi connectivity index (χ0) is 25.1. The van der Waals surface area contributed by atoms with Crippen molar-refractivity contribution in [2.75, 3.05) is 18.6 Å². The van der Waals surface area contributed by atoms with Gasteiger partial charge >= 0.3 is 0 Å². The number of rotatable bonds is 7. The Labute approximate surface area is 205 Å². The normalized spacial score (nSPS) is 17.2. The molecule has 6 heteroatoms. The summed E-state index contributed by atoms with van der Waals surface area (Å²) in [5.74, 6) is -0.104. The molecule has 1 fully saturated rings. The molecule has 1 aliphatic rings. The molecule has 0 spiro atoms. The van der Waals surface area contributed by atoms with Crippen LogP contribution in [0, 0.1) is 12.8 Å². The van der Waals surface area contributed by atoms with E-state index in [4.69, 9.17) is 9.47 Å². The number of hydrogen-bond donors (Lipinski definition) is 1. The molecule has 1 atom stereocenters. The molecule has 1 heterocycles. The Morgan fingerprint density at radius 3 is 2.34 bits per heavy atom. The van der Waals surface area contributed by atoms with Crippen LogP contribution in [0.5, 0.6) is 11.5 Å². The number of hydrogen-bond acceptors (Lipinski definition) is 5. The van der Waals surface area contributed by atoms with Crippen LogP contribution in [-0.2, 0) is 9.59 Å². The van der Waals surface area contributed by atoms with E-state index in [2.05, 4.69) is 0 Å². The lowest BCUT2D eigenvalue weighted by Gasteiger charge is -2.26. The van der Waals surface area contributed by atoms with Crippen LogP contribution < -0.4 is 14.4 Å². The molecule has 1 amide bonds. The molecule has 1 N–H and O–H groups in total. The number of anilines is 1. The van der Waals surface area contributed by atoms with Crippen molar-refractivity contribution in [3.05, 3.63) is 95.1 Å². The first kappa shape index (κ1) is 24.1. The first-order chi connectivity index (χ1) is 16.8. The standard InChI is InChI=1S/C29H29NO5/c1-18(2)17-35-24-10-6-8-21(16-24)27(31)25-26(20-11-13-23(34-4)14-12-20)30(29(33)28(25)32)22-9-5-7-19(3)15-22/h5-16,18,26,31H,17H2,1-4H3/b27-25+. The third-order valence-corrected chi connectivity index (χ3v) is 5.85. The maximum absolute atomic E-state index is 13.3. The smallest absolute Gasteiger partial charge is 0.300 e. The number of aryl methyl sites for hydroxylation is 1. The highest BCUT2D eigenvalue weighted by molar-refractivity contribution is 6.51. The molecule has 3 aromatic carbocycles. The fraction of sp³-hybridized carbons (Fsp3) is 0.241. The van der Waals surface area contributed by atoms with Gasteiger partial charge in [0.1, 0.15) is 17.3 Å². The highest BCUT2D eigenvalue weighted by Gasteiger charge is 2.47. The molecule has 35 heavy (non-hydrogen) atoms. The fourth-order valence-electron chi connectivity index (χ4n) is 4.13. The minimum Gasteiger partial charge on any atom is -0.507 e. The fourth-order valence-corrected chi connectivity index (χ4v) is 4.13. The quantitative estimate of drug-likeness (QED) is 0.273. The molecule has 180 valence electrons. The number of aliphatic hydroxyl groups is 1. The van der Waals surface area contributed by atoms with Gasteiger partial charge in [-0.25, -0.2) is 0 Å². The first-order valence-electron chi connectivity index (χ1n) is 11.5. The average molecular weight is 472 g/mol. The minimum absolute atomic E-state index is 0.0303. The molecule has 0 aliphatic carbocycles. The predicted molar refractivity (Wildman–Crippen MR) is 136 cm³/mol. The lowest BCUT2D eigenvalue weighted by Crippen LogP contribution is -2.29. The van der Waals surface area contributed by atoms with Crippen molar-refractivity contribution in [3.8, 4) is 11.5 Å². The number of ether oxygens (including phenoxy) is 2. The molecular formula is C29H29NO5. The van der Waals surface area contributed by atoms with Gasteiger partial charge in [0.15, 0.2) is 0 Å². The van der Waals surface area contributed by atoms with E-state index in [9.17, 15) is 14.7 Å². The van der Waals surface area contributed by atoms with E-state index in [1.54, 1.807) is 61.7 Å².